The molecule has 2 aromatic rings. The van der Waals surface area contributed by atoms with Crippen LogP contribution in [-0.2, 0) is 11.3 Å². The SMILES string of the molecule is O=C(NCc1csc(-c2ccccc2)n1)C1CCCC1. The fourth-order valence-electron chi connectivity index (χ4n) is 2.61. The smallest absolute Gasteiger partial charge is 0.223 e. The van der Waals surface area contributed by atoms with E-state index in [0.717, 1.165) is 29.1 Å². The number of aromatic nitrogens is 1. The van der Waals surface area contributed by atoms with E-state index in [1.54, 1.807) is 11.3 Å². The molecule has 1 aliphatic carbocycles. The molecule has 0 aliphatic heterocycles. The Bertz CT molecular complexity index is 573. The van der Waals surface area contributed by atoms with Gasteiger partial charge in [0.2, 0.25) is 5.91 Å². The number of nitrogens with one attached hydrogen (secondary N) is 1. The summed E-state index contributed by atoms with van der Waals surface area (Å²) in [6.07, 6.45) is 4.45. The van der Waals surface area contributed by atoms with Gasteiger partial charge in [-0.05, 0) is 12.8 Å². The van der Waals surface area contributed by atoms with E-state index in [1.807, 2.05) is 23.6 Å². The van der Waals surface area contributed by atoms with Gasteiger partial charge in [0.1, 0.15) is 5.01 Å². The van der Waals surface area contributed by atoms with Gasteiger partial charge in [0, 0.05) is 16.9 Å². The van der Waals surface area contributed by atoms with Gasteiger partial charge in [-0.15, -0.1) is 11.3 Å². The third-order valence-corrected chi connectivity index (χ3v) is 4.68. The van der Waals surface area contributed by atoms with Gasteiger partial charge < -0.3 is 5.32 Å². The third kappa shape index (κ3) is 3.07. The van der Waals surface area contributed by atoms with Crippen LogP contribution in [0.3, 0.4) is 0 Å². The van der Waals surface area contributed by atoms with Crippen LogP contribution in [0.15, 0.2) is 35.7 Å². The Hall–Kier alpha value is -1.68. The van der Waals surface area contributed by atoms with Gasteiger partial charge in [-0.25, -0.2) is 4.98 Å². The van der Waals surface area contributed by atoms with Crippen LogP contribution in [0, 0.1) is 5.92 Å². The molecule has 1 saturated carbocycles. The zero-order chi connectivity index (χ0) is 13.8. The highest BCUT2D eigenvalue weighted by Gasteiger charge is 2.22. The molecule has 1 aromatic heterocycles. The van der Waals surface area contributed by atoms with Crippen molar-refractivity contribution < 1.29 is 4.79 Å². The first-order valence-corrected chi connectivity index (χ1v) is 7.98. The van der Waals surface area contributed by atoms with E-state index in [2.05, 4.69) is 22.4 Å². The number of benzene rings is 1. The summed E-state index contributed by atoms with van der Waals surface area (Å²) in [6, 6.07) is 10.1. The highest BCUT2D eigenvalue weighted by Crippen LogP contribution is 2.25. The summed E-state index contributed by atoms with van der Waals surface area (Å²) < 4.78 is 0. The van der Waals surface area contributed by atoms with E-state index in [-0.39, 0.29) is 11.8 Å². The van der Waals surface area contributed by atoms with Crippen molar-refractivity contribution in [2.75, 3.05) is 0 Å². The maximum atomic E-state index is 12.0. The number of nitrogens with zero attached hydrogens (tertiary/aromatic N) is 1. The number of hydrogen-bond donors (Lipinski definition) is 1. The Morgan fingerprint density at radius 1 is 1.25 bits per heavy atom. The van der Waals surface area contributed by atoms with Crippen molar-refractivity contribution in [3.05, 3.63) is 41.4 Å². The summed E-state index contributed by atoms with van der Waals surface area (Å²) in [6.45, 7) is 0.540. The lowest BCUT2D eigenvalue weighted by molar-refractivity contribution is -0.124. The van der Waals surface area contributed by atoms with E-state index in [9.17, 15) is 4.79 Å². The molecule has 20 heavy (non-hydrogen) atoms. The monoisotopic (exact) mass is 286 g/mol. The maximum absolute atomic E-state index is 12.0. The largest absolute Gasteiger partial charge is 0.350 e. The molecule has 3 rings (SSSR count). The predicted octanol–water partition coefficient (Wildman–Crippen LogP) is 3.62. The molecule has 1 heterocycles. The normalized spacial score (nSPS) is 15.4. The van der Waals surface area contributed by atoms with E-state index in [4.69, 9.17) is 0 Å². The molecule has 104 valence electrons. The predicted molar refractivity (Wildman–Crippen MR) is 81.4 cm³/mol. The third-order valence-electron chi connectivity index (χ3n) is 3.74. The molecule has 1 amide bonds. The second-order valence-electron chi connectivity index (χ2n) is 5.21. The molecule has 0 bridgehead atoms. The highest BCUT2D eigenvalue weighted by atomic mass is 32.1. The molecule has 1 N–H and O–H groups in total. The lowest BCUT2D eigenvalue weighted by Crippen LogP contribution is -2.28. The van der Waals surface area contributed by atoms with Crippen molar-refractivity contribution in [2.45, 2.75) is 32.2 Å². The zero-order valence-electron chi connectivity index (χ0n) is 11.3. The topological polar surface area (TPSA) is 42.0 Å². The number of amides is 1. The Balaban J connectivity index is 1.59. The molecular formula is C16H18N2OS. The summed E-state index contributed by atoms with van der Waals surface area (Å²) in [5.74, 6) is 0.416. The van der Waals surface area contributed by atoms with Gasteiger partial charge in [-0.2, -0.15) is 0 Å². The molecule has 0 saturated heterocycles. The number of carbonyl (C=O) groups is 1. The van der Waals surface area contributed by atoms with Crippen LogP contribution in [0.5, 0.6) is 0 Å². The second-order valence-corrected chi connectivity index (χ2v) is 6.07. The fraction of sp³-hybridized carbons (Fsp3) is 0.375. The van der Waals surface area contributed by atoms with Gasteiger partial charge >= 0.3 is 0 Å². The van der Waals surface area contributed by atoms with Crippen LogP contribution in [0.1, 0.15) is 31.4 Å². The molecule has 0 radical (unpaired) electrons. The van der Waals surface area contributed by atoms with Crippen LogP contribution in [0.25, 0.3) is 10.6 Å². The summed E-state index contributed by atoms with van der Waals surface area (Å²) in [4.78, 5) is 16.5. The summed E-state index contributed by atoms with van der Waals surface area (Å²) in [7, 11) is 0. The van der Waals surface area contributed by atoms with Crippen molar-refractivity contribution in [1.29, 1.82) is 0 Å². The molecule has 0 spiro atoms. The Labute approximate surface area is 123 Å². The van der Waals surface area contributed by atoms with Crippen LogP contribution in [0.4, 0.5) is 0 Å². The number of carbonyl (C=O) groups excluding carboxylic acids is 1. The molecule has 1 aliphatic rings. The molecule has 3 nitrogen and oxygen atoms in total. The van der Waals surface area contributed by atoms with Crippen molar-refractivity contribution >= 4 is 17.2 Å². The van der Waals surface area contributed by atoms with Crippen molar-refractivity contribution in [2.24, 2.45) is 5.92 Å². The van der Waals surface area contributed by atoms with E-state index in [0.29, 0.717) is 6.54 Å². The van der Waals surface area contributed by atoms with Crippen LogP contribution >= 0.6 is 11.3 Å². The average Bonchev–Trinajstić information content (AvgIpc) is 3.17. The maximum Gasteiger partial charge on any atom is 0.223 e. The van der Waals surface area contributed by atoms with Crippen molar-refractivity contribution in [3.8, 4) is 10.6 Å². The number of thiazole rings is 1. The summed E-state index contributed by atoms with van der Waals surface area (Å²) in [5, 5.41) is 6.05. The van der Waals surface area contributed by atoms with Gasteiger partial charge in [0.15, 0.2) is 0 Å². The standard InChI is InChI=1S/C16H18N2OS/c19-15(12-6-4-5-7-12)17-10-14-11-20-16(18-14)13-8-2-1-3-9-13/h1-3,8-9,11-12H,4-7,10H2,(H,17,19). The molecular weight excluding hydrogens is 268 g/mol. The fourth-order valence-corrected chi connectivity index (χ4v) is 3.44. The quantitative estimate of drug-likeness (QED) is 0.932. The summed E-state index contributed by atoms with van der Waals surface area (Å²) >= 11 is 1.62. The number of rotatable bonds is 4. The first-order valence-electron chi connectivity index (χ1n) is 7.10. The van der Waals surface area contributed by atoms with Gasteiger partial charge in [0.05, 0.1) is 12.2 Å². The minimum absolute atomic E-state index is 0.191. The van der Waals surface area contributed by atoms with E-state index < -0.39 is 0 Å². The van der Waals surface area contributed by atoms with E-state index >= 15 is 0 Å². The second kappa shape index (κ2) is 6.18. The van der Waals surface area contributed by atoms with Gasteiger partial charge in [-0.1, -0.05) is 43.2 Å². The van der Waals surface area contributed by atoms with Crippen molar-refractivity contribution in [3.63, 3.8) is 0 Å². The van der Waals surface area contributed by atoms with Crippen LogP contribution < -0.4 is 5.32 Å². The molecule has 0 atom stereocenters. The van der Waals surface area contributed by atoms with E-state index in [1.165, 1.54) is 12.8 Å². The molecule has 1 fully saturated rings. The van der Waals surface area contributed by atoms with Gasteiger partial charge in [0.25, 0.3) is 0 Å². The zero-order valence-corrected chi connectivity index (χ0v) is 12.2. The van der Waals surface area contributed by atoms with Crippen LogP contribution in [0.2, 0.25) is 0 Å². The molecule has 4 heteroatoms. The average molecular weight is 286 g/mol. The highest BCUT2D eigenvalue weighted by molar-refractivity contribution is 7.13. The summed E-state index contributed by atoms with van der Waals surface area (Å²) in [5.41, 5.74) is 2.08. The minimum atomic E-state index is 0.191. The Kier molecular flexibility index (Phi) is 4.11. The Morgan fingerprint density at radius 3 is 2.75 bits per heavy atom. The van der Waals surface area contributed by atoms with Gasteiger partial charge in [-0.3, -0.25) is 4.79 Å². The van der Waals surface area contributed by atoms with Crippen LogP contribution in [-0.4, -0.2) is 10.9 Å². The molecule has 1 aromatic carbocycles. The first-order chi connectivity index (χ1) is 9.83. The molecule has 0 unspecified atom stereocenters. The first kappa shape index (κ1) is 13.3. The van der Waals surface area contributed by atoms with Crippen molar-refractivity contribution in [1.82, 2.24) is 10.3 Å². The number of hydrogen-bond acceptors (Lipinski definition) is 3. The lowest BCUT2D eigenvalue weighted by atomic mass is 10.1. The minimum Gasteiger partial charge on any atom is -0.350 e. The Morgan fingerprint density at radius 2 is 2.00 bits per heavy atom. The lowest BCUT2D eigenvalue weighted by Gasteiger charge is -2.08.